The summed E-state index contributed by atoms with van der Waals surface area (Å²) in [5.74, 6) is -3.07. The zero-order valence-electron chi connectivity index (χ0n) is 31.2. The molecule has 0 aliphatic carbocycles. The number of rotatable bonds is 6. The molecule has 13 atom stereocenters. The molecule has 10 heteroatoms. The van der Waals surface area contributed by atoms with Crippen LogP contribution in [0.25, 0.3) is 0 Å². The summed E-state index contributed by atoms with van der Waals surface area (Å²) in [5, 5.41) is 23.7. The number of Topliss-reactive ketones (excluding diaryl/α,β-unsaturated/α-hetero) is 1. The fourth-order valence-corrected chi connectivity index (χ4v) is 8.45. The van der Waals surface area contributed by atoms with E-state index in [4.69, 9.17) is 18.9 Å². The summed E-state index contributed by atoms with van der Waals surface area (Å²) in [6.45, 7) is 23.6. The molecule has 47 heavy (non-hydrogen) atoms. The zero-order valence-corrected chi connectivity index (χ0v) is 31.2. The molecule has 0 spiro atoms. The van der Waals surface area contributed by atoms with Crippen molar-refractivity contribution in [2.75, 3.05) is 33.8 Å². The van der Waals surface area contributed by atoms with E-state index >= 15 is 0 Å². The number of likely N-dealkylation sites (N-methyl/N-ethyl adjacent to an activating group) is 1. The molecule has 4 aliphatic rings. The van der Waals surface area contributed by atoms with E-state index < -0.39 is 53.6 Å². The van der Waals surface area contributed by atoms with Gasteiger partial charge in [0.1, 0.15) is 23.7 Å². The highest BCUT2D eigenvalue weighted by Crippen LogP contribution is 2.41. The molecule has 0 aromatic rings. The van der Waals surface area contributed by atoms with E-state index in [0.717, 1.165) is 25.1 Å². The Bertz CT molecular complexity index is 1070. The highest BCUT2D eigenvalue weighted by atomic mass is 16.7. The summed E-state index contributed by atoms with van der Waals surface area (Å²) in [6.07, 6.45) is -0.0635. The van der Waals surface area contributed by atoms with Gasteiger partial charge in [0.15, 0.2) is 12.1 Å². The standard InChI is InChI=1S/C37H66N2O8/c1-13-17-39-20-23(4)28-16-15-22(3)21-44-36(9,19-24(39)5)33(47-35-32(41)29(38(11)12)18-25(6)45-35)26(7)31(40)27(8)34(42)46-30(14-2)37(28,10)43/h23-30,32-33,35,41,43H,3,13-21H2,1-2,4-12H3/t23-,24+,25+,26-,27+,28+,29-,30+,32+,33+,35-,36+,37-/m0/s1. The second-order valence-electron chi connectivity index (χ2n) is 15.6. The Labute approximate surface area is 284 Å². The SMILES string of the molecule is C=C1CC[C@@H]2[C@@H](C)CN(CCC)[C@H](C)C[C@@](C)(OC1)[C@H](O[C@@H]1O[C@H](C)C[C@H](N(C)C)[C@H]1O)[C@@H](C)C(=O)[C@@H](C)C(=O)O[C@H](CC)[C@@]2(C)O. The average molecular weight is 667 g/mol. The lowest BCUT2D eigenvalue weighted by Gasteiger charge is -2.48. The first-order valence-electron chi connectivity index (χ1n) is 18.0. The van der Waals surface area contributed by atoms with Crippen LogP contribution in [0.2, 0.25) is 0 Å². The van der Waals surface area contributed by atoms with Crippen LogP contribution in [0.15, 0.2) is 12.2 Å². The summed E-state index contributed by atoms with van der Waals surface area (Å²) in [4.78, 5) is 32.4. The fourth-order valence-electron chi connectivity index (χ4n) is 8.45. The molecule has 4 saturated heterocycles. The van der Waals surface area contributed by atoms with Gasteiger partial charge in [-0.1, -0.05) is 39.8 Å². The van der Waals surface area contributed by atoms with Crippen LogP contribution in [0, 0.1) is 23.7 Å². The predicted molar refractivity (Wildman–Crippen MR) is 183 cm³/mol. The number of fused-ring (bicyclic) bond motifs is 15. The number of aliphatic hydroxyl groups excluding tert-OH is 1. The average Bonchev–Trinajstić information content (AvgIpc) is 3.00. The molecule has 4 aliphatic heterocycles. The molecule has 2 bridgehead atoms. The van der Waals surface area contributed by atoms with Crippen molar-refractivity contribution in [1.82, 2.24) is 9.80 Å². The first kappa shape index (κ1) is 40.0. The number of carbonyl (C=O) groups is 2. The third-order valence-electron chi connectivity index (χ3n) is 11.3. The largest absolute Gasteiger partial charge is 0.459 e. The Balaban J connectivity index is 2.23. The minimum atomic E-state index is -1.33. The Morgan fingerprint density at radius 3 is 2.36 bits per heavy atom. The van der Waals surface area contributed by atoms with E-state index in [9.17, 15) is 19.8 Å². The van der Waals surface area contributed by atoms with Crippen LogP contribution >= 0.6 is 0 Å². The number of hydrogen-bond acceptors (Lipinski definition) is 10. The van der Waals surface area contributed by atoms with E-state index in [1.165, 1.54) is 0 Å². The van der Waals surface area contributed by atoms with Crippen molar-refractivity contribution in [1.29, 1.82) is 0 Å². The topological polar surface area (TPSA) is 118 Å². The minimum Gasteiger partial charge on any atom is -0.459 e. The van der Waals surface area contributed by atoms with Gasteiger partial charge < -0.3 is 39.0 Å². The fraction of sp³-hybridized carbons (Fsp3) is 0.892. The molecule has 0 aromatic heterocycles. The summed E-state index contributed by atoms with van der Waals surface area (Å²) in [6, 6.07) is -0.190. The number of hydrogen-bond donors (Lipinski definition) is 2. The van der Waals surface area contributed by atoms with Gasteiger partial charge in [0.2, 0.25) is 0 Å². The minimum absolute atomic E-state index is 0.0159. The van der Waals surface area contributed by atoms with Gasteiger partial charge in [-0.05, 0) is 106 Å². The zero-order chi connectivity index (χ0) is 35.4. The van der Waals surface area contributed by atoms with Crippen molar-refractivity contribution >= 4 is 11.8 Å². The van der Waals surface area contributed by atoms with Crippen molar-refractivity contribution in [3.05, 3.63) is 12.2 Å². The smallest absolute Gasteiger partial charge is 0.316 e. The lowest BCUT2D eigenvalue weighted by Crippen LogP contribution is -2.60. The van der Waals surface area contributed by atoms with Gasteiger partial charge in [0, 0.05) is 24.5 Å². The second-order valence-corrected chi connectivity index (χ2v) is 15.6. The molecule has 4 fully saturated rings. The van der Waals surface area contributed by atoms with E-state index in [-0.39, 0.29) is 42.4 Å². The monoisotopic (exact) mass is 666 g/mol. The number of aliphatic hydroxyl groups is 2. The van der Waals surface area contributed by atoms with Crippen LogP contribution in [0.4, 0.5) is 0 Å². The molecule has 0 aromatic carbocycles. The molecule has 0 unspecified atom stereocenters. The van der Waals surface area contributed by atoms with Crippen LogP contribution in [-0.2, 0) is 28.5 Å². The third kappa shape index (κ3) is 9.24. The Morgan fingerprint density at radius 1 is 1.11 bits per heavy atom. The Kier molecular flexibility index (Phi) is 14.1. The predicted octanol–water partition coefficient (Wildman–Crippen LogP) is 4.59. The maximum absolute atomic E-state index is 14.3. The van der Waals surface area contributed by atoms with E-state index in [2.05, 4.69) is 32.3 Å². The molecule has 272 valence electrons. The van der Waals surface area contributed by atoms with E-state index in [1.54, 1.807) is 20.8 Å². The highest BCUT2D eigenvalue weighted by Gasteiger charge is 2.51. The Hall–Kier alpha value is -1.40. The maximum Gasteiger partial charge on any atom is 0.316 e. The molecule has 10 nitrogen and oxygen atoms in total. The molecular formula is C37H66N2O8. The molecule has 2 N–H and O–H groups in total. The van der Waals surface area contributed by atoms with Crippen molar-refractivity contribution < 1.29 is 38.7 Å². The van der Waals surface area contributed by atoms with E-state index in [0.29, 0.717) is 32.1 Å². The van der Waals surface area contributed by atoms with Gasteiger partial charge in [0.25, 0.3) is 0 Å². The lowest BCUT2D eigenvalue weighted by molar-refractivity contribution is -0.297. The molecule has 4 heterocycles. The number of esters is 1. The van der Waals surface area contributed by atoms with Crippen molar-refractivity contribution in [2.24, 2.45) is 23.7 Å². The molecule has 0 radical (unpaired) electrons. The normalized spacial score (nSPS) is 43.9. The van der Waals surface area contributed by atoms with Gasteiger partial charge >= 0.3 is 5.97 Å². The van der Waals surface area contributed by atoms with Crippen LogP contribution in [0.1, 0.15) is 101 Å². The number of carbonyl (C=O) groups excluding carboxylic acids is 2. The van der Waals surface area contributed by atoms with Gasteiger partial charge in [-0.2, -0.15) is 0 Å². The van der Waals surface area contributed by atoms with Gasteiger partial charge in [-0.15, -0.1) is 0 Å². The summed E-state index contributed by atoms with van der Waals surface area (Å²) >= 11 is 0. The summed E-state index contributed by atoms with van der Waals surface area (Å²) < 4.78 is 25.9. The van der Waals surface area contributed by atoms with Crippen LogP contribution in [0.3, 0.4) is 0 Å². The number of nitrogens with zero attached hydrogens (tertiary/aromatic N) is 2. The summed E-state index contributed by atoms with van der Waals surface area (Å²) in [7, 11) is 3.84. The highest BCUT2D eigenvalue weighted by molar-refractivity contribution is 6.00. The molecule has 0 amide bonds. The number of ether oxygens (including phenoxy) is 4. The van der Waals surface area contributed by atoms with Gasteiger partial charge in [-0.25, -0.2) is 0 Å². The first-order valence-corrected chi connectivity index (χ1v) is 18.0. The van der Waals surface area contributed by atoms with Crippen LogP contribution in [0.5, 0.6) is 0 Å². The molecular weight excluding hydrogens is 600 g/mol. The quantitative estimate of drug-likeness (QED) is 0.237. The number of ketones is 1. The summed E-state index contributed by atoms with van der Waals surface area (Å²) in [5.41, 5.74) is -1.48. The maximum atomic E-state index is 14.3. The van der Waals surface area contributed by atoms with Crippen LogP contribution in [-0.4, -0.2) is 120 Å². The third-order valence-corrected chi connectivity index (χ3v) is 11.3. The van der Waals surface area contributed by atoms with Gasteiger partial charge in [-0.3, -0.25) is 9.59 Å². The van der Waals surface area contributed by atoms with Crippen LogP contribution < -0.4 is 0 Å². The molecule has 0 saturated carbocycles. The van der Waals surface area contributed by atoms with Crippen molar-refractivity contribution in [3.63, 3.8) is 0 Å². The lowest BCUT2D eigenvalue weighted by atomic mass is 9.72. The van der Waals surface area contributed by atoms with Crippen molar-refractivity contribution in [3.8, 4) is 0 Å². The second kappa shape index (κ2) is 16.5. The van der Waals surface area contributed by atoms with E-state index in [1.807, 2.05) is 39.8 Å². The van der Waals surface area contributed by atoms with Crippen molar-refractivity contribution in [2.45, 2.75) is 155 Å². The van der Waals surface area contributed by atoms with Gasteiger partial charge in [0.05, 0.1) is 24.4 Å². The first-order chi connectivity index (χ1) is 21.9. The Morgan fingerprint density at radius 2 is 1.77 bits per heavy atom. The molecule has 4 rings (SSSR count).